The van der Waals surface area contributed by atoms with Crippen molar-refractivity contribution in [3.63, 3.8) is 0 Å². The summed E-state index contributed by atoms with van der Waals surface area (Å²) in [6.45, 7) is 3.82. The molecular weight excluding hydrogens is 482 g/mol. The van der Waals surface area contributed by atoms with Crippen molar-refractivity contribution in [3.05, 3.63) is 70.8 Å². The molecule has 0 aliphatic heterocycles. The number of aryl methyl sites for hydroxylation is 1. The van der Waals surface area contributed by atoms with Gasteiger partial charge in [-0.1, -0.05) is 42.8 Å². The molecular formula is C25H24ClN7O3. The van der Waals surface area contributed by atoms with Crippen molar-refractivity contribution in [2.75, 3.05) is 17.7 Å². The second kappa shape index (κ2) is 10.4. The number of imidazole rings is 1. The lowest BCUT2D eigenvalue weighted by atomic mass is 9.97. The molecule has 2 aromatic carbocycles. The zero-order chi connectivity index (χ0) is 25.8. The van der Waals surface area contributed by atoms with Crippen LogP contribution in [0.4, 0.5) is 23.3 Å². The summed E-state index contributed by atoms with van der Waals surface area (Å²) < 4.78 is 5.62. The van der Waals surface area contributed by atoms with Crippen molar-refractivity contribution in [2.24, 2.45) is 5.73 Å². The van der Waals surface area contributed by atoms with E-state index in [9.17, 15) is 9.59 Å². The van der Waals surface area contributed by atoms with E-state index in [2.05, 4.69) is 30.6 Å². The maximum absolute atomic E-state index is 11.9. The van der Waals surface area contributed by atoms with Crippen molar-refractivity contribution < 1.29 is 14.3 Å². The lowest BCUT2D eigenvalue weighted by Gasteiger charge is -2.16. The summed E-state index contributed by atoms with van der Waals surface area (Å²) in [7, 11) is 1.57. The molecule has 5 N–H and O–H groups in total. The zero-order valence-corrected chi connectivity index (χ0v) is 20.6. The van der Waals surface area contributed by atoms with E-state index in [0.29, 0.717) is 23.4 Å². The van der Waals surface area contributed by atoms with Gasteiger partial charge >= 0.3 is 0 Å². The summed E-state index contributed by atoms with van der Waals surface area (Å²) in [4.78, 5) is 38.9. The van der Waals surface area contributed by atoms with Gasteiger partial charge in [0.1, 0.15) is 16.5 Å². The van der Waals surface area contributed by atoms with E-state index in [1.165, 1.54) is 12.5 Å². The third-order valence-corrected chi connectivity index (χ3v) is 5.78. The lowest BCUT2D eigenvalue weighted by molar-refractivity contribution is 0.0983. The topological polar surface area (TPSA) is 148 Å². The van der Waals surface area contributed by atoms with E-state index in [0.717, 1.165) is 16.7 Å². The van der Waals surface area contributed by atoms with Gasteiger partial charge in [-0.3, -0.25) is 9.59 Å². The lowest BCUT2D eigenvalue weighted by Crippen LogP contribution is -2.14. The molecule has 0 spiro atoms. The maximum Gasteiger partial charge on any atom is 0.269 e. The van der Waals surface area contributed by atoms with Crippen molar-refractivity contribution in [1.29, 1.82) is 0 Å². The SMILES string of the molecule is CCC(=O)c1ccc(-c2cc(OC)c(Nc3ncc(Cl)c(Nc4nc[nH]c4C(N)=O)n3)cc2C)cc1. The van der Waals surface area contributed by atoms with Crippen molar-refractivity contribution in [3.8, 4) is 16.9 Å². The van der Waals surface area contributed by atoms with Crippen LogP contribution in [-0.2, 0) is 0 Å². The number of halogens is 1. The third-order valence-electron chi connectivity index (χ3n) is 5.50. The van der Waals surface area contributed by atoms with Crippen LogP contribution < -0.4 is 21.1 Å². The number of hydrogen-bond acceptors (Lipinski definition) is 8. The molecule has 0 unspecified atom stereocenters. The summed E-state index contributed by atoms with van der Waals surface area (Å²) in [6, 6.07) is 11.3. The third kappa shape index (κ3) is 5.13. The molecule has 0 radical (unpaired) electrons. The Kier molecular flexibility index (Phi) is 7.16. The van der Waals surface area contributed by atoms with E-state index in [4.69, 9.17) is 22.1 Å². The van der Waals surface area contributed by atoms with Crippen LogP contribution in [0.1, 0.15) is 39.8 Å². The minimum atomic E-state index is -0.676. The monoisotopic (exact) mass is 505 g/mol. The number of carbonyl (C=O) groups is 2. The summed E-state index contributed by atoms with van der Waals surface area (Å²) in [6.07, 6.45) is 3.22. The van der Waals surface area contributed by atoms with Gasteiger partial charge in [0.05, 0.1) is 25.3 Å². The number of aromatic nitrogens is 4. The fourth-order valence-corrected chi connectivity index (χ4v) is 3.77. The Balaban J connectivity index is 1.62. The predicted octanol–water partition coefficient (Wildman–Crippen LogP) is 5.02. The zero-order valence-electron chi connectivity index (χ0n) is 19.8. The smallest absolute Gasteiger partial charge is 0.269 e. The maximum atomic E-state index is 11.9. The van der Waals surface area contributed by atoms with E-state index >= 15 is 0 Å². The Morgan fingerprint density at radius 2 is 1.86 bits per heavy atom. The van der Waals surface area contributed by atoms with Gasteiger partial charge in [-0.25, -0.2) is 9.97 Å². The van der Waals surface area contributed by atoms with E-state index in [1.54, 1.807) is 7.11 Å². The predicted molar refractivity (Wildman–Crippen MR) is 139 cm³/mol. The number of H-pyrrole nitrogens is 1. The van der Waals surface area contributed by atoms with E-state index in [-0.39, 0.29) is 34.1 Å². The minimum absolute atomic E-state index is 0.0964. The highest BCUT2D eigenvalue weighted by molar-refractivity contribution is 6.33. The number of ether oxygens (including phenoxy) is 1. The first-order valence-electron chi connectivity index (χ1n) is 11.0. The largest absolute Gasteiger partial charge is 0.495 e. The second-order valence-electron chi connectivity index (χ2n) is 7.85. The van der Waals surface area contributed by atoms with Crippen LogP contribution in [0.25, 0.3) is 11.1 Å². The second-order valence-corrected chi connectivity index (χ2v) is 8.26. The molecule has 4 aromatic rings. The number of nitrogens with one attached hydrogen (secondary N) is 3. The molecule has 0 bridgehead atoms. The molecule has 4 rings (SSSR count). The number of methoxy groups -OCH3 is 1. The van der Waals surface area contributed by atoms with Crippen LogP contribution in [0.2, 0.25) is 5.02 Å². The number of aromatic amines is 1. The molecule has 0 aliphatic rings. The number of hydrogen-bond donors (Lipinski definition) is 4. The molecule has 11 heteroatoms. The highest BCUT2D eigenvalue weighted by atomic mass is 35.5. The fraction of sp³-hybridized carbons (Fsp3) is 0.160. The van der Waals surface area contributed by atoms with Crippen molar-refractivity contribution >= 4 is 46.6 Å². The van der Waals surface area contributed by atoms with Crippen LogP contribution in [0.3, 0.4) is 0 Å². The Morgan fingerprint density at radius 1 is 1.11 bits per heavy atom. The number of rotatable bonds is 9. The van der Waals surface area contributed by atoms with Gasteiger partial charge in [0.25, 0.3) is 5.91 Å². The number of benzene rings is 2. The molecule has 2 aromatic heterocycles. The number of ketones is 1. The fourth-order valence-electron chi connectivity index (χ4n) is 3.63. The molecule has 0 aliphatic carbocycles. The highest BCUT2D eigenvalue weighted by Crippen LogP contribution is 2.36. The van der Waals surface area contributed by atoms with Gasteiger partial charge in [0, 0.05) is 12.0 Å². The number of anilines is 4. The summed E-state index contributed by atoms with van der Waals surface area (Å²) in [5, 5.41) is 6.27. The molecule has 0 saturated heterocycles. The van der Waals surface area contributed by atoms with Gasteiger partial charge < -0.3 is 26.1 Å². The average molecular weight is 506 g/mol. The van der Waals surface area contributed by atoms with Crippen LogP contribution in [0.5, 0.6) is 5.75 Å². The Bertz CT molecular complexity index is 1430. The van der Waals surface area contributed by atoms with Crippen LogP contribution in [0, 0.1) is 6.92 Å². The van der Waals surface area contributed by atoms with Gasteiger partial charge in [-0.2, -0.15) is 4.98 Å². The Morgan fingerprint density at radius 3 is 2.53 bits per heavy atom. The Labute approximate surface area is 212 Å². The number of nitrogens with zero attached hydrogens (tertiary/aromatic N) is 3. The summed E-state index contributed by atoms with van der Waals surface area (Å²) in [5.41, 5.74) is 9.68. The van der Waals surface area contributed by atoms with E-state index < -0.39 is 5.91 Å². The minimum Gasteiger partial charge on any atom is -0.495 e. The first-order valence-corrected chi connectivity index (χ1v) is 11.4. The Hall–Kier alpha value is -4.44. The molecule has 2 heterocycles. The molecule has 10 nitrogen and oxygen atoms in total. The number of amides is 1. The number of Topliss-reactive ketones (excluding diaryl/α,β-unsaturated/α-hetero) is 1. The van der Waals surface area contributed by atoms with Crippen LogP contribution in [-0.4, -0.2) is 38.7 Å². The number of primary amides is 1. The van der Waals surface area contributed by atoms with Crippen molar-refractivity contribution in [1.82, 2.24) is 19.9 Å². The average Bonchev–Trinajstić information content (AvgIpc) is 3.34. The van der Waals surface area contributed by atoms with Crippen LogP contribution >= 0.6 is 11.6 Å². The summed E-state index contributed by atoms with van der Waals surface area (Å²) in [5.74, 6) is 0.665. The summed E-state index contributed by atoms with van der Waals surface area (Å²) >= 11 is 6.25. The molecule has 1 amide bonds. The standard InChI is InChI=1S/C25H24ClN7O3/c1-4-19(34)15-7-5-14(6-8-15)16-10-20(36-3)18(9-13(16)2)31-25-28-11-17(26)23(33-25)32-24-21(22(27)35)29-12-30-24/h5-12H,4H2,1-3H3,(H2,27,35)(H,29,30)(H2,28,31,32,33). The van der Waals surface area contributed by atoms with Gasteiger partial charge in [0.2, 0.25) is 5.95 Å². The van der Waals surface area contributed by atoms with Crippen molar-refractivity contribution in [2.45, 2.75) is 20.3 Å². The van der Waals surface area contributed by atoms with Crippen LogP contribution in [0.15, 0.2) is 48.9 Å². The number of carbonyl (C=O) groups excluding carboxylic acids is 2. The molecule has 36 heavy (non-hydrogen) atoms. The van der Waals surface area contributed by atoms with Gasteiger partial charge in [-0.15, -0.1) is 0 Å². The van der Waals surface area contributed by atoms with Gasteiger partial charge in [0.15, 0.2) is 17.4 Å². The van der Waals surface area contributed by atoms with Gasteiger partial charge in [-0.05, 0) is 35.7 Å². The molecule has 0 saturated carbocycles. The molecule has 184 valence electrons. The molecule has 0 fully saturated rings. The normalized spacial score (nSPS) is 10.7. The quantitative estimate of drug-likeness (QED) is 0.232. The van der Waals surface area contributed by atoms with E-state index in [1.807, 2.05) is 50.2 Å². The first-order chi connectivity index (χ1) is 17.3. The molecule has 0 atom stereocenters. The first kappa shape index (κ1) is 24.7. The number of nitrogens with two attached hydrogens (primary N) is 1. The highest BCUT2D eigenvalue weighted by Gasteiger charge is 2.16.